The second kappa shape index (κ2) is 8.57. The maximum absolute atomic E-state index is 15.0. The third kappa shape index (κ3) is 4.48. The van der Waals surface area contributed by atoms with Crippen molar-refractivity contribution < 1.29 is 22.8 Å². The highest BCUT2D eigenvalue weighted by atomic mass is 19.3. The van der Waals surface area contributed by atoms with Crippen LogP contribution < -0.4 is 10.6 Å². The quantitative estimate of drug-likeness (QED) is 0.724. The molecule has 0 spiro atoms. The van der Waals surface area contributed by atoms with E-state index in [-0.39, 0.29) is 36.9 Å². The van der Waals surface area contributed by atoms with E-state index in [2.05, 4.69) is 10.6 Å². The van der Waals surface area contributed by atoms with E-state index in [1.165, 1.54) is 24.6 Å². The summed E-state index contributed by atoms with van der Waals surface area (Å²) in [5, 5.41) is 5.12. The fraction of sp³-hybridized carbons (Fsp3) is 0.636. The summed E-state index contributed by atoms with van der Waals surface area (Å²) in [6, 6.07) is 3.68. The molecule has 3 aliphatic rings. The fourth-order valence-electron chi connectivity index (χ4n) is 5.04. The van der Waals surface area contributed by atoms with Crippen LogP contribution in [0.5, 0.6) is 0 Å². The Labute approximate surface area is 174 Å². The van der Waals surface area contributed by atoms with Crippen LogP contribution in [0.15, 0.2) is 18.2 Å². The highest BCUT2D eigenvalue weighted by Crippen LogP contribution is 2.43. The average Bonchev–Trinajstić information content (AvgIpc) is 2.71. The molecular weight excluding hydrogens is 395 g/mol. The number of rotatable bonds is 4. The first-order valence-corrected chi connectivity index (χ1v) is 10.8. The number of piperidine rings is 2. The minimum absolute atomic E-state index is 0.0251. The van der Waals surface area contributed by atoms with Gasteiger partial charge in [-0.1, -0.05) is 25.3 Å². The summed E-state index contributed by atoms with van der Waals surface area (Å²) in [6.45, 7) is 0.235. The predicted molar refractivity (Wildman–Crippen MR) is 107 cm³/mol. The number of alkyl halides is 2. The van der Waals surface area contributed by atoms with E-state index in [0.717, 1.165) is 25.7 Å². The van der Waals surface area contributed by atoms with E-state index in [4.69, 9.17) is 0 Å². The molecule has 8 heteroatoms. The van der Waals surface area contributed by atoms with Gasteiger partial charge in [-0.25, -0.2) is 13.2 Å². The Balaban J connectivity index is 1.43. The van der Waals surface area contributed by atoms with Gasteiger partial charge in [0.15, 0.2) is 0 Å². The third-order valence-corrected chi connectivity index (χ3v) is 6.68. The highest BCUT2D eigenvalue weighted by Gasteiger charge is 2.47. The van der Waals surface area contributed by atoms with Crippen molar-refractivity contribution in [2.45, 2.75) is 75.3 Å². The van der Waals surface area contributed by atoms with Crippen molar-refractivity contribution in [2.75, 3.05) is 18.4 Å². The number of halogens is 3. The summed E-state index contributed by atoms with van der Waals surface area (Å²) in [5.74, 6) is -5.63. The van der Waals surface area contributed by atoms with Gasteiger partial charge in [0.25, 0.3) is 5.92 Å². The number of hydrogen-bond acceptors (Lipinski definition) is 4. The molecule has 2 atom stereocenters. The number of benzene rings is 1. The van der Waals surface area contributed by atoms with Crippen molar-refractivity contribution in [3.05, 3.63) is 29.6 Å². The lowest BCUT2D eigenvalue weighted by Crippen LogP contribution is -2.51. The van der Waals surface area contributed by atoms with Gasteiger partial charge in [0.05, 0.1) is 12.5 Å². The molecule has 2 N–H and O–H groups in total. The Kier molecular flexibility index (Phi) is 6.04. The van der Waals surface area contributed by atoms with E-state index < -0.39 is 29.6 Å². The van der Waals surface area contributed by atoms with Gasteiger partial charge in [-0.05, 0) is 49.9 Å². The zero-order valence-corrected chi connectivity index (χ0v) is 16.9. The monoisotopic (exact) mass is 423 g/mol. The molecule has 2 saturated heterocycles. The van der Waals surface area contributed by atoms with Crippen LogP contribution >= 0.6 is 0 Å². The molecule has 0 bridgehead atoms. The zero-order valence-electron chi connectivity index (χ0n) is 16.9. The van der Waals surface area contributed by atoms with Gasteiger partial charge in [0.1, 0.15) is 11.9 Å². The van der Waals surface area contributed by atoms with Crippen molar-refractivity contribution in [2.24, 2.45) is 0 Å². The Hall–Kier alpha value is -2.09. The number of hydrogen-bond donors (Lipinski definition) is 2. The lowest BCUT2D eigenvalue weighted by molar-refractivity contribution is -0.133. The average molecular weight is 423 g/mol. The first kappa shape index (κ1) is 21.2. The van der Waals surface area contributed by atoms with Crippen LogP contribution in [0, 0.1) is 5.82 Å². The van der Waals surface area contributed by atoms with Crippen LogP contribution in [0.4, 0.5) is 18.9 Å². The minimum Gasteiger partial charge on any atom is -0.374 e. The number of nitrogens with one attached hydrogen (secondary N) is 2. The van der Waals surface area contributed by atoms with Gasteiger partial charge in [-0.3, -0.25) is 19.8 Å². The molecule has 2 amide bonds. The molecule has 30 heavy (non-hydrogen) atoms. The van der Waals surface area contributed by atoms with Crippen molar-refractivity contribution in [1.29, 1.82) is 0 Å². The summed E-state index contributed by atoms with van der Waals surface area (Å²) in [7, 11) is 0. The highest BCUT2D eigenvalue weighted by molar-refractivity contribution is 6.01. The van der Waals surface area contributed by atoms with Gasteiger partial charge >= 0.3 is 0 Å². The Morgan fingerprint density at radius 1 is 1.07 bits per heavy atom. The molecule has 3 fully saturated rings. The van der Waals surface area contributed by atoms with Crippen LogP contribution in [-0.2, 0) is 9.59 Å². The van der Waals surface area contributed by atoms with Crippen molar-refractivity contribution in [3.63, 3.8) is 0 Å². The van der Waals surface area contributed by atoms with Gasteiger partial charge in [-0.2, -0.15) is 0 Å². The number of nitrogens with zero attached hydrogens (tertiary/aromatic N) is 1. The van der Waals surface area contributed by atoms with Gasteiger partial charge in [-0.15, -0.1) is 0 Å². The number of carbonyl (C=O) groups excluding carboxylic acids is 2. The van der Waals surface area contributed by atoms with E-state index in [1.54, 1.807) is 0 Å². The van der Waals surface area contributed by atoms with E-state index >= 15 is 0 Å². The second-order valence-electron chi connectivity index (χ2n) is 8.75. The number of anilines is 1. The first-order valence-electron chi connectivity index (χ1n) is 10.8. The smallest absolute Gasteiger partial charge is 0.267 e. The van der Waals surface area contributed by atoms with Crippen molar-refractivity contribution in [1.82, 2.24) is 10.2 Å². The Bertz CT molecular complexity index is 811. The van der Waals surface area contributed by atoms with E-state index in [9.17, 15) is 22.8 Å². The predicted octanol–water partition coefficient (Wildman–Crippen LogP) is 3.80. The molecule has 1 aromatic rings. The third-order valence-electron chi connectivity index (χ3n) is 6.68. The largest absolute Gasteiger partial charge is 0.374 e. The summed E-state index contributed by atoms with van der Waals surface area (Å²) >= 11 is 0. The van der Waals surface area contributed by atoms with Gasteiger partial charge in [0, 0.05) is 18.2 Å². The van der Waals surface area contributed by atoms with Crippen LogP contribution in [0.1, 0.15) is 62.8 Å². The molecule has 2 aliphatic heterocycles. The number of carbonyl (C=O) groups is 2. The maximum Gasteiger partial charge on any atom is 0.267 e. The summed E-state index contributed by atoms with van der Waals surface area (Å²) in [5.41, 5.74) is 0.367. The molecule has 4 rings (SSSR count). The summed E-state index contributed by atoms with van der Waals surface area (Å²) in [4.78, 5) is 25.0. The van der Waals surface area contributed by atoms with Gasteiger partial charge < -0.3 is 5.32 Å². The molecule has 0 aromatic heterocycles. The maximum atomic E-state index is 15.0. The first-order chi connectivity index (χ1) is 14.3. The van der Waals surface area contributed by atoms with Crippen LogP contribution in [0.3, 0.4) is 0 Å². The number of amides is 2. The number of imide groups is 1. The lowest BCUT2D eigenvalue weighted by atomic mass is 9.83. The molecule has 164 valence electrons. The number of likely N-dealkylation sites (tertiary alicyclic amines) is 1. The lowest BCUT2D eigenvalue weighted by Gasteiger charge is -2.43. The zero-order chi connectivity index (χ0) is 21.3. The SMILES string of the molecule is O=C1CCC(Nc2ccc(C3CCN(C4CCCCC4)CC3(F)F)c(F)c2)C(=O)N1. The Morgan fingerprint density at radius 3 is 2.50 bits per heavy atom. The molecular formula is C22H28F3N3O2. The standard InChI is InChI=1S/C22H28F3N3O2/c23-18-12-14(26-19-8-9-20(29)27-21(19)30)6-7-16(18)17-10-11-28(13-22(17,24)25)15-4-2-1-3-5-15/h6-7,12,15,17,19,26H,1-5,8-11,13H2,(H,27,29,30). The molecule has 5 nitrogen and oxygen atoms in total. The molecule has 0 radical (unpaired) electrons. The molecule has 1 aromatic carbocycles. The van der Waals surface area contributed by atoms with Crippen molar-refractivity contribution in [3.8, 4) is 0 Å². The van der Waals surface area contributed by atoms with Crippen LogP contribution in [0.25, 0.3) is 0 Å². The van der Waals surface area contributed by atoms with Crippen LogP contribution in [0.2, 0.25) is 0 Å². The summed E-state index contributed by atoms with van der Waals surface area (Å²) < 4.78 is 44.8. The van der Waals surface area contributed by atoms with Gasteiger partial charge in [0.2, 0.25) is 11.8 Å². The second-order valence-corrected chi connectivity index (χ2v) is 8.75. The molecule has 2 heterocycles. The van der Waals surface area contributed by atoms with E-state index in [0.29, 0.717) is 18.7 Å². The normalized spacial score (nSPS) is 28.2. The fourth-order valence-corrected chi connectivity index (χ4v) is 5.04. The topological polar surface area (TPSA) is 61.4 Å². The van der Waals surface area contributed by atoms with Crippen molar-refractivity contribution >= 4 is 17.5 Å². The van der Waals surface area contributed by atoms with E-state index in [1.807, 2.05) is 4.90 Å². The summed E-state index contributed by atoms with van der Waals surface area (Å²) in [6.07, 6.45) is 6.03. The minimum atomic E-state index is -2.99. The molecule has 1 saturated carbocycles. The molecule has 1 aliphatic carbocycles. The molecule has 2 unspecified atom stereocenters. The van der Waals surface area contributed by atoms with Crippen LogP contribution in [-0.4, -0.2) is 47.8 Å². The Morgan fingerprint density at radius 2 is 1.83 bits per heavy atom.